The number of nitrogens with two attached hydrogens (primary N) is 1. The molecular formula is C15H22N2O4. The smallest absolute Gasteiger partial charge is 0.340 e. The Morgan fingerprint density at radius 1 is 1.29 bits per heavy atom. The lowest BCUT2D eigenvalue weighted by Crippen LogP contribution is -2.38. The summed E-state index contributed by atoms with van der Waals surface area (Å²) in [4.78, 5) is 23.6. The van der Waals surface area contributed by atoms with Crippen molar-refractivity contribution in [1.29, 1.82) is 0 Å². The van der Waals surface area contributed by atoms with Gasteiger partial charge < -0.3 is 20.5 Å². The summed E-state index contributed by atoms with van der Waals surface area (Å²) in [5.74, 6) is -0.300. The van der Waals surface area contributed by atoms with Gasteiger partial charge in [0.25, 0.3) is 5.91 Å². The molecule has 0 bridgehead atoms. The Bertz CT molecular complexity index is 514. The molecule has 0 saturated heterocycles. The van der Waals surface area contributed by atoms with E-state index in [1.54, 1.807) is 12.1 Å². The summed E-state index contributed by atoms with van der Waals surface area (Å²) in [6.45, 7) is 5.54. The third-order valence-electron chi connectivity index (χ3n) is 3.23. The molecule has 0 aliphatic carbocycles. The number of benzene rings is 1. The predicted molar refractivity (Wildman–Crippen MR) is 80.1 cm³/mol. The van der Waals surface area contributed by atoms with Crippen LogP contribution in [0.25, 0.3) is 0 Å². The second kappa shape index (κ2) is 7.52. The summed E-state index contributed by atoms with van der Waals surface area (Å²) in [5.41, 5.74) is 6.17. The Kier molecular flexibility index (Phi) is 6.02. The molecule has 0 fully saturated rings. The third-order valence-corrected chi connectivity index (χ3v) is 3.23. The molecule has 0 aliphatic heterocycles. The molecule has 0 radical (unpaired) electrons. The van der Waals surface area contributed by atoms with E-state index in [9.17, 15) is 9.59 Å². The molecule has 6 heteroatoms. The number of esters is 1. The summed E-state index contributed by atoms with van der Waals surface area (Å²) >= 11 is 0. The molecule has 1 unspecified atom stereocenters. The minimum atomic E-state index is -0.654. The highest BCUT2D eigenvalue weighted by Gasteiger charge is 2.17. The minimum Gasteiger partial charge on any atom is -0.495 e. The van der Waals surface area contributed by atoms with Crippen LogP contribution in [0.15, 0.2) is 18.2 Å². The van der Waals surface area contributed by atoms with Crippen LogP contribution in [0.5, 0.6) is 5.75 Å². The summed E-state index contributed by atoms with van der Waals surface area (Å²) in [6.07, 6.45) is 0. The van der Waals surface area contributed by atoms with Gasteiger partial charge in [-0.2, -0.15) is 0 Å². The highest BCUT2D eigenvalue weighted by Crippen LogP contribution is 2.25. The van der Waals surface area contributed by atoms with Gasteiger partial charge in [-0.1, -0.05) is 19.9 Å². The topological polar surface area (TPSA) is 90.6 Å². The predicted octanol–water partition coefficient (Wildman–Crippen LogP) is 1.59. The number of carbonyl (C=O) groups is 2. The third kappa shape index (κ3) is 4.66. The van der Waals surface area contributed by atoms with Gasteiger partial charge in [-0.25, -0.2) is 4.79 Å². The van der Waals surface area contributed by atoms with Crippen LogP contribution in [0, 0.1) is 5.92 Å². The molecule has 1 aromatic rings. The van der Waals surface area contributed by atoms with Crippen molar-refractivity contribution in [2.75, 3.05) is 19.5 Å². The average Bonchev–Trinajstić information content (AvgIpc) is 2.44. The van der Waals surface area contributed by atoms with E-state index in [1.807, 2.05) is 20.8 Å². The average molecular weight is 294 g/mol. The molecule has 21 heavy (non-hydrogen) atoms. The quantitative estimate of drug-likeness (QED) is 0.614. The van der Waals surface area contributed by atoms with Crippen LogP contribution in [0.4, 0.5) is 5.69 Å². The number of nitrogen functional groups attached to an aromatic ring is 1. The molecule has 1 rings (SSSR count). The second-order valence-corrected chi connectivity index (χ2v) is 5.10. The molecule has 0 saturated carbocycles. The summed E-state index contributed by atoms with van der Waals surface area (Å²) in [5, 5.41) is 2.75. The summed E-state index contributed by atoms with van der Waals surface area (Å²) in [6, 6.07) is 4.81. The van der Waals surface area contributed by atoms with Gasteiger partial charge in [0.2, 0.25) is 0 Å². The maximum absolute atomic E-state index is 11.9. The van der Waals surface area contributed by atoms with Crippen molar-refractivity contribution in [1.82, 2.24) is 5.32 Å². The number of ether oxygens (including phenoxy) is 2. The molecule has 6 nitrogen and oxygen atoms in total. The zero-order valence-corrected chi connectivity index (χ0v) is 12.8. The van der Waals surface area contributed by atoms with Crippen LogP contribution in [-0.2, 0) is 9.53 Å². The van der Waals surface area contributed by atoms with Gasteiger partial charge in [-0.05, 0) is 25.0 Å². The fraction of sp³-hybridized carbons (Fsp3) is 0.467. The van der Waals surface area contributed by atoms with E-state index in [0.29, 0.717) is 11.7 Å². The molecule has 0 aliphatic rings. The van der Waals surface area contributed by atoms with E-state index in [0.717, 1.165) is 0 Å². The number of nitrogens with one attached hydrogen (secondary N) is 1. The van der Waals surface area contributed by atoms with Crippen molar-refractivity contribution >= 4 is 17.6 Å². The fourth-order valence-corrected chi connectivity index (χ4v) is 1.57. The van der Waals surface area contributed by atoms with Gasteiger partial charge in [0.15, 0.2) is 6.61 Å². The van der Waals surface area contributed by atoms with Gasteiger partial charge in [0.05, 0.1) is 18.4 Å². The van der Waals surface area contributed by atoms with Crippen molar-refractivity contribution in [3.8, 4) is 5.75 Å². The maximum Gasteiger partial charge on any atom is 0.340 e. The molecule has 0 heterocycles. The molecular weight excluding hydrogens is 272 g/mol. The lowest BCUT2D eigenvalue weighted by molar-refractivity contribution is -0.125. The van der Waals surface area contributed by atoms with Crippen molar-refractivity contribution < 1.29 is 19.1 Å². The SMILES string of the molecule is COc1cccc(C(=O)OCC(=O)NC(C)C(C)C)c1N. The molecule has 116 valence electrons. The fourth-order valence-electron chi connectivity index (χ4n) is 1.57. The van der Waals surface area contributed by atoms with Gasteiger partial charge in [0.1, 0.15) is 5.75 Å². The lowest BCUT2D eigenvalue weighted by Gasteiger charge is -2.17. The van der Waals surface area contributed by atoms with E-state index in [2.05, 4.69) is 5.32 Å². The monoisotopic (exact) mass is 294 g/mol. The number of rotatable bonds is 6. The largest absolute Gasteiger partial charge is 0.495 e. The zero-order valence-electron chi connectivity index (χ0n) is 12.8. The van der Waals surface area contributed by atoms with E-state index in [1.165, 1.54) is 13.2 Å². The first-order valence-electron chi connectivity index (χ1n) is 6.75. The van der Waals surface area contributed by atoms with Crippen LogP contribution >= 0.6 is 0 Å². The Hall–Kier alpha value is -2.24. The molecule has 0 spiro atoms. The molecule has 1 amide bonds. The first kappa shape index (κ1) is 16.8. The number of hydrogen-bond donors (Lipinski definition) is 2. The minimum absolute atomic E-state index is 0.0121. The Morgan fingerprint density at radius 3 is 2.52 bits per heavy atom. The first-order valence-corrected chi connectivity index (χ1v) is 6.75. The summed E-state index contributed by atoms with van der Waals surface area (Å²) in [7, 11) is 1.46. The first-order chi connectivity index (χ1) is 9.86. The van der Waals surface area contributed by atoms with Crippen molar-refractivity contribution in [3.05, 3.63) is 23.8 Å². The Balaban J connectivity index is 2.60. The number of carbonyl (C=O) groups excluding carboxylic acids is 2. The van der Waals surface area contributed by atoms with Crippen LogP contribution in [-0.4, -0.2) is 31.6 Å². The highest BCUT2D eigenvalue weighted by molar-refractivity contribution is 5.97. The van der Waals surface area contributed by atoms with Gasteiger partial charge in [-0.3, -0.25) is 4.79 Å². The van der Waals surface area contributed by atoms with Crippen LogP contribution in [0.3, 0.4) is 0 Å². The van der Waals surface area contributed by atoms with Crippen LogP contribution in [0.2, 0.25) is 0 Å². The van der Waals surface area contributed by atoms with E-state index in [4.69, 9.17) is 15.2 Å². The van der Waals surface area contributed by atoms with Crippen molar-refractivity contribution in [2.24, 2.45) is 5.92 Å². The number of methoxy groups -OCH3 is 1. The Morgan fingerprint density at radius 2 is 1.95 bits per heavy atom. The maximum atomic E-state index is 11.9. The van der Waals surface area contributed by atoms with E-state index >= 15 is 0 Å². The zero-order chi connectivity index (χ0) is 16.0. The standard InChI is InChI=1S/C15H22N2O4/c1-9(2)10(3)17-13(18)8-21-15(19)11-6-5-7-12(20-4)14(11)16/h5-7,9-10H,8,16H2,1-4H3,(H,17,18). The van der Waals surface area contributed by atoms with Crippen molar-refractivity contribution in [2.45, 2.75) is 26.8 Å². The van der Waals surface area contributed by atoms with Gasteiger partial charge >= 0.3 is 5.97 Å². The molecule has 1 atom stereocenters. The molecule has 3 N–H and O–H groups in total. The molecule has 0 aromatic heterocycles. The second-order valence-electron chi connectivity index (χ2n) is 5.10. The van der Waals surface area contributed by atoms with Gasteiger partial charge in [0, 0.05) is 6.04 Å². The number of amides is 1. The van der Waals surface area contributed by atoms with Crippen LogP contribution < -0.4 is 15.8 Å². The summed E-state index contributed by atoms with van der Waals surface area (Å²) < 4.78 is 9.99. The Labute approximate surface area is 124 Å². The lowest BCUT2D eigenvalue weighted by atomic mass is 10.1. The molecule has 1 aromatic carbocycles. The van der Waals surface area contributed by atoms with Gasteiger partial charge in [-0.15, -0.1) is 0 Å². The van der Waals surface area contributed by atoms with E-state index in [-0.39, 0.29) is 29.8 Å². The highest BCUT2D eigenvalue weighted by atomic mass is 16.5. The normalized spacial score (nSPS) is 11.9. The van der Waals surface area contributed by atoms with Crippen molar-refractivity contribution in [3.63, 3.8) is 0 Å². The van der Waals surface area contributed by atoms with Crippen LogP contribution in [0.1, 0.15) is 31.1 Å². The number of anilines is 1. The van der Waals surface area contributed by atoms with E-state index < -0.39 is 5.97 Å². The number of para-hydroxylation sites is 1. The number of hydrogen-bond acceptors (Lipinski definition) is 5.